The van der Waals surface area contributed by atoms with Crippen LogP contribution in [0.3, 0.4) is 0 Å². The van der Waals surface area contributed by atoms with E-state index in [1.807, 2.05) is 0 Å². The molecule has 3 rings (SSSR count). The lowest BCUT2D eigenvalue weighted by atomic mass is 10.1. The monoisotopic (exact) mass is 358 g/mol. The molecule has 9 heteroatoms. The number of hydrogen-bond donors (Lipinski definition) is 2. The summed E-state index contributed by atoms with van der Waals surface area (Å²) in [6.45, 7) is 0. The summed E-state index contributed by atoms with van der Waals surface area (Å²) in [6.07, 6.45) is 1.24. The van der Waals surface area contributed by atoms with Crippen molar-refractivity contribution in [2.24, 2.45) is 0 Å². The number of anilines is 1. The van der Waals surface area contributed by atoms with Crippen LogP contribution >= 0.6 is 0 Å². The molecule has 3 aromatic rings. The molecule has 0 aliphatic heterocycles. The quantitative estimate of drug-likeness (QED) is 0.720. The molecule has 1 aromatic heterocycles. The summed E-state index contributed by atoms with van der Waals surface area (Å²) in [4.78, 5) is 16.3. The number of benzene rings is 2. The van der Waals surface area contributed by atoms with E-state index in [1.165, 1.54) is 37.7 Å². The van der Waals surface area contributed by atoms with Gasteiger partial charge in [-0.1, -0.05) is 5.16 Å². The molecule has 1 amide bonds. The molecule has 1 heterocycles. The lowest BCUT2D eigenvalue weighted by Gasteiger charge is -2.07. The smallest absolute Gasteiger partial charge is 0.255 e. The van der Waals surface area contributed by atoms with Gasteiger partial charge >= 0.3 is 0 Å². The summed E-state index contributed by atoms with van der Waals surface area (Å²) in [6, 6.07) is 12.6. The molecule has 0 aliphatic carbocycles. The van der Waals surface area contributed by atoms with Crippen molar-refractivity contribution >= 4 is 21.6 Å². The number of amides is 1. The van der Waals surface area contributed by atoms with Crippen molar-refractivity contribution < 1.29 is 17.7 Å². The lowest BCUT2D eigenvalue weighted by Crippen LogP contribution is -2.19. The first kappa shape index (κ1) is 16.8. The SMILES string of the molecule is CNS(=O)(=O)c1ccc(C(=O)Nc2ccc(-c3ncon3)cc2)cc1. The van der Waals surface area contributed by atoms with E-state index < -0.39 is 10.0 Å². The minimum Gasteiger partial charge on any atom is -0.342 e. The number of rotatable bonds is 5. The maximum Gasteiger partial charge on any atom is 0.255 e. The first-order valence-corrected chi connectivity index (χ1v) is 8.70. The van der Waals surface area contributed by atoms with Crippen LogP contribution in [0.4, 0.5) is 5.69 Å². The van der Waals surface area contributed by atoms with Gasteiger partial charge in [0.1, 0.15) is 0 Å². The largest absolute Gasteiger partial charge is 0.342 e. The van der Waals surface area contributed by atoms with Crippen molar-refractivity contribution in [3.63, 3.8) is 0 Å². The van der Waals surface area contributed by atoms with Crippen LogP contribution in [0, 0.1) is 0 Å². The van der Waals surface area contributed by atoms with Crippen molar-refractivity contribution in [1.82, 2.24) is 14.9 Å². The van der Waals surface area contributed by atoms with Gasteiger partial charge in [0, 0.05) is 16.8 Å². The van der Waals surface area contributed by atoms with Crippen molar-refractivity contribution in [1.29, 1.82) is 0 Å². The second-order valence-electron chi connectivity index (χ2n) is 5.02. The number of carbonyl (C=O) groups is 1. The topological polar surface area (TPSA) is 114 Å². The van der Waals surface area contributed by atoms with Crippen molar-refractivity contribution in [2.45, 2.75) is 4.90 Å². The second kappa shape index (κ2) is 6.83. The second-order valence-corrected chi connectivity index (χ2v) is 6.90. The molecule has 0 radical (unpaired) electrons. The number of carbonyl (C=O) groups excluding carboxylic acids is 1. The van der Waals surface area contributed by atoms with Crippen LogP contribution in [0.5, 0.6) is 0 Å². The Bertz CT molecular complexity index is 966. The Morgan fingerprint density at radius 2 is 1.72 bits per heavy atom. The van der Waals surface area contributed by atoms with Gasteiger partial charge in [-0.05, 0) is 55.6 Å². The molecule has 0 atom stereocenters. The molecule has 0 saturated carbocycles. The van der Waals surface area contributed by atoms with Crippen LogP contribution in [-0.2, 0) is 10.0 Å². The minimum absolute atomic E-state index is 0.0935. The molecule has 0 fully saturated rings. The number of hydrogen-bond acceptors (Lipinski definition) is 6. The summed E-state index contributed by atoms with van der Waals surface area (Å²) >= 11 is 0. The predicted octanol–water partition coefficient (Wildman–Crippen LogP) is 1.90. The van der Waals surface area contributed by atoms with E-state index in [4.69, 9.17) is 0 Å². The van der Waals surface area contributed by atoms with E-state index in [2.05, 4.69) is 24.7 Å². The highest BCUT2D eigenvalue weighted by atomic mass is 32.2. The molecule has 128 valence electrons. The van der Waals surface area contributed by atoms with Gasteiger partial charge in [0.2, 0.25) is 22.2 Å². The zero-order chi connectivity index (χ0) is 17.9. The summed E-state index contributed by atoms with van der Waals surface area (Å²) in [7, 11) is -2.20. The molecular weight excluding hydrogens is 344 g/mol. The molecule has 2 N–H and O–H groups in total. The number of aromatic nitrogens is 2. The summed E-state index contributed by atoms with van der Waals surface area (Å²) in [5, 5.41) is 6.47. The third-order valence-corrected chi connectivity index (χ3v) is 4.89. The molecule has 0 aliphatic rings. The normalized spacial score (nSPS) is 11.2. The van der Waals surface area contributed by atoms with Gasteiger partial charge in [-0.3, -0.25) is 4.79 Å². The van der Waals surface area contributed by atoms with Crippen LogP contribution in [0.15, 0.2) is 64.3 Å². The van der Waals surface area contributed by atoms with Crippen LogP contribution in [-0.4, -0.2) is 31.5 Å². The van der Waals surface area contributed by atoms with E-state index in [1.54, 1.807) is 24.3 Å². The number of sulfonamides is 1. The Morgan fingerprint density at radius 3 is 2.28 bits per heavy atom. The maximum absolute atomic E-state index is 12.2. The fourth-order valence-electron chi connectivity index (χ4n) is 2.11. The van der Waals surface area contributed by atoms with Gasteiger partial charge in [0.15, 0.2) is 0 Å². The van der Waals surface area contributed by atoms with Gasteiger partial charge in [-0.15, -0.1) is 0 Å². The molecule has 0 spiro atoms. The van der Waals surface area contributed by atoms with Crippen molar-refractivity contribution in [3.05, 3.63) is 60.5 Å². The Labute approximate surface area is 143 Å². The highest BCUT2D eigenvalue weighted by Gasteiger charge is 2.13. The van der Waals surface area contributed by atoms with Crippen molar-refractivity contribution in [3.8, 4) is 11.4 Å². The van der Waals surface area contributed by atoms with E-state index in [9.17, 15) is 13.2 Å². The Balaban J connectivity index is 1.72. The van der Waals surface area contributed by atoms with Crippen LogP contribution in [0.25, 0.3) is 11.4 Å². The molecule has 2 aromatic carbocycles. The number of nitrogens with one attached hydrogen (secondary N) is 2. The Kier molecular flexibility index (Phi) is 4.59. The summed E-state index contributed by atoms with van der Waals surface area (Å²) in [5.74, 6) is 0.111. The zero-order valence-corrected chi connectivity index (χ0v) is 13.9. The van der Waals surface area contributed by atoms with Crippen LogP contribution in [0.1, 0.15) is 10.4 Å². The Hall–Kier alpha value is -3.04. The van der Waals surface area contributed by atoms with E-state index >= 15 is 0 Å². The molecule has 0 saturated heterocycles. The third-order valence-electron chi connectivity index (χ3n) is 3.46. The summed E-state index contributed by atoms with van der Waals surface area (Å²) < 4.78 is 30.3. The molecular formula is C16H14N4O4S. The minimum atomic E-state index is -3.53. The molecule has 0 unspecified atom stereocenters. The van der Waals surface area contributed by atoms with Gasteiger partial charge < -0.3 is 9.84 Å². The van der Waals surface area contributed by atoms with Crippen LogP contribution in [0.2, 0.25) is 0 Å². The standard InChI is InChI=1S/C16H14N4O4S/c1-17-25(22,23)14-8-4-12(5-9-14)16(21)19-13-6-2-11(3-7-13)15-18-10-24-20-15/h2-10,17H,1H3,(H,19,21). The van der Waals surface area contributed by atoms with E-state index in [-0.39, 0.29) is 10.8 Å². The van der Waals surface area contributed by atoms with E-state index in [0.29, 0.717) is 17.1 Å². The first-order chi connectivity index (χ1) is 12.0. The average molecular weight is 358 g/mol. The fourth-order valence-corrected chi connectivity index (χ4v) is 2.84. The number of nitrogens with zero attached hydrogens (tertiary/aromatic N) is 2. The van der Waals surface area contributed by atoms with Gasteiger partial charge in [-0.2, -0.15) is 4.98 Å². The third kappa shape index (κ3) is 3.73. The predicted molar refractivity (Wildman–Crippen MR) is 90.4 cm³/mol. The fraction of sp³-hybridized carbons (Fsp3) is 0.0625. The van der Waals surface area contributed by atoms with E-state index in [0.717, 1.165) is 5.56 Å². The highest BCUT2D eigenvalue weighted by molar-refractivity contribution is 7.89. The summed E-state index contributed by atoms with van der Waals surface area (Å²) in [5.41, 5.74) is 1.69. The molecule has 25 heavy (non-hydrogen) atoms. The zero-order valence-electron chi connectivity index (χ0n) is 13.1. The van der Waals surface area contributed by atoms with Gasteiger partial charge in [-0.25, -0.2) is 13.1 Å². The van der Waals surface area contributed by atoms with Crippen LogP contribution < -0.4 is 10.0 Å². The van der Waals surface area contributed by atoms with Crippen molar-refractivity contribution in [2.75, 3.05) is 12.4 Å². The van der Waals surface area contributed by atoms with Gasteiger partial charge in [0.25, 0.3) is 5.91 Å². The molecule has 0 bridgehead atoms. The molecule has 8 nitrogen and oxygen atoms in total. The average Bonchev–Trinajstić information content (AvgIpc) is 3.17. The maximum atomic E-state index is 12.2. The van der Waals surface area contributed by atoms with Gasteiger partial charge in [0.05, 0.1) is 4.90 Å². The lowest BCUT2D eigenvalue weighted by molar-refractivity contribution is 0.102. The first-order valence-electron chi connectivity index (χ1n) is 7.21. The Morgan fingerprint density at radius 1 is 1.04 bits per heavy atom. The highest BCUT2D eigenvalue weighted by Crippen LogP contribution is 2.18.